The van der Waals surface area contributed by atoms with E-state index in [1.807, 2.05) is 12.1 Å². The van der Waals surface area contributed by atoms with Crippen molar-refractivity contribution in [2.75, 3.05) is 49.0 Å². The van der Waals surface area contributed by atoms with Crippen LogP contribution in [-0.4, -0.2) is 65.7 Å². The van der Waals surface area contributed by atoms with Crippen LogP contribution in [0.1, 0.15) is 17.3 Å². The minimum absolute atomic E-state index is 0.193. The number of nitrogens with zero attached hydrogens (tertiary/aromatic N) is 6. The largest absolute Gasteiger partial charge is 0.495 e. The van der Waals surface area contributed by atoms with Crippen molar-refractivity contribution in [3.8, 4) is 11.6 Å². The average Bonchev–Trinajstić information content (AvgIpc) is 2.84. The van der Waals surface area contributed by atoms with Crippen LogP contribution in [0.2, 0.25) is 0 Å². The summed E-state index contributed by atoms with van der Waals surface area (Å²) in [6.45, 7) is 4.49. The van der Waals surface area contributed by atoms with Gasteiger partial charge in [-0.15, -0.1) is 0 Å². The summed E-state index contributed by atoms with van der Waals surface area (Å²) in [5, 5.41) is 2.78. The zero-order chi connectivity index (χ0) is 22.5. The summed E-state index contributed by atoms with van der Waals surface area (Å²) in [6.07, 6.45) is 6.41. The second-order valence-electron chi connectivity index (χ2n) is 7.36. The number of rotatable bonds is 6. The molecule has 0 saturated carbocycles. The molecule has 4 heterocycles. The number of hydrogen-bond donors (Lipinski definition) is 1. The Hall–Kier alpha value is -3.95. The summed E-state index contributed by atoms with van der Waals surface area (Å²) in [5.74, 6) is 2.45. The van der Waals surface area contributed by atoms with Gasteiger partial charge in [0.2, 0.25) is 11.8 Å². The molecule has 0 unspecified atom stereocenters. The van der Waals surface area contributed by atoms with Gasteiger partial charge in [0.1, 0.15) is 11.6 Å². The highest BCUT2D eigenvalue weighted by Gasteiger charge is 2.26. The smallest absolute Gasteiger partial charge is 0.257 e. The van der Waals surface area contributed by atoms with Crippen LogP contribution in [0.15, 0.2) is 49.1 Å². The van der Waals surface area contributed by atoms with Gasteiger partial charge in [-0.05, 0) is 25.1 Å². The van der Waals surface area contributed by atoms with E-state index in [-0.39, 0.29) is 11.9 Å². The fourth-order valence-corrected chi connectivity index (χ4v) is 3.52. The lowest BCUT2D eigenvalue weighted by Crippen LogP contribution is -2.53. The van der Waals surface area contributed by atoms with Gasteiger partial charge in [0.15, 0.2) is 0 Å². The molecule has 10 heteroatoms. The fourth-order valence-electron chi connectivity index (χ4n) is 3.52. The third kappa shape index (κ3) is 4.69. The van der Waals surface area contributed by atoms with Gasteiger partial charge in [0.25, 0.3) is 5.91 Å². The summed E-state index contributed by atoms with van der Waals surface area (Å²) < 4.78 is 10.2. The first-order valence-corrected chi connectivity index (χ1v) is 10.2. The van der Waals surface area contributed by atoms with E-state index in [2.05, 4.69) is 42.0 Å². The van der Waals surface area contributed by atoms with Crippen molar-refractivity contribution in [2.24, 2.45) is 0 Å². The van der Waals surface area contributed by atoms with Crippen molar-refractivity contribution in [2.45, 2.75) is 13.0 Å². The van der Waals surface area contributed by atoms with Gasteiger partial charge in [-0.25, -0.2) is 19.9 Å². The Labute approximate surface area is 186 Å². The first-order valence-electron chi connectivity index (χ1n) is 10.2. The minimum Gasteiger partial charge on any atom is -0.495 e. The number of pyridine rings is 2. The number of carbonyl (C=O) groups excluding carboxylic acids is 1. The maximum absolute atomic E-state index is 12.4. The molecule has 0 radical (unpaired) electrons. The van der Waals surface area contributed by atoms with Crippen LogP contribution in [0.4, 0.5) is 17.5 Å². The number of methoxy groups -OCH3 is 2. The Morgan fingerprint density at radius 2 is 1.78 bits per heavy atom. The lowest BCUT2D eigenvalue weighted by atomic mass is 10.2. The van der Waals surface area contributed by atoms with Crippen LogP contribution >= 0.6 is 0 Å². The monoisotopic (exact) mass is 435 g/mol. The van der Waals surface area contributed by atoms with Gasteiger partial charge in [-0.1, -0.05) is 0 Å². The molecule has 0 bridgehead atoms. The van der Waals surface area contributed by atoms with Crippen molar-refractivity contribution in [1.82, 2.24) is 19.9 Å². The lowest BCUT2D eigenvalue weighted by molar-refractivity contribution is 0.102. The summed E-state index contributed by atoms with van der Waals surface area (Å²) in [7, 11) is 3.15. The van der Waals surface area contributed by atoms with E-state index in [0.717, 1.165) is 31.2 Å². The van der Waals surface area contributed by atoms with Gasteiger partial charge in [0.05, 0.1) is 44.1 Å². The Balaban J connectivity index is 1.36. The van der Waals surface area contributed by atoms with Crippen LogP contribution in [0.25, 0.3) is 0 Å². The van der Waals surface area contributed by atoms with E-state index in [9.17, 15) is 4.79 Å². The quantitative estimate of drug-likeness (QED) is 0.624. The molecule has 1 atom stereocenters. The van der Waals surface area contributed by atoms with Crippen LogP contribution in [0, 0.1) is 0 Å². The van der Waals surface area contributed by atoms with E-state index in [1.54, 1.807) is 37.8 Å². The van der Waals surface area contributed by atoms with E-state index in [0.29, 0.717) is 23.1 Å². The molecular formula is C22H25N7O3. The third-order valence-electron chi connectivity index (χ3n) is 5.27. The highest BCUT2D eigenvalue weighted by Crippen LogP contribution is 2.22. The predicted molar refractivity (Wildman–Crippen MR) is 121 cm³/mol. The SMILES string of the molecule is COc1ccc(N2CCN(c3ncc(NC(=O)c4ccc(OC)nc4)cn3)[C@@H](C)C2)nc1. The van der Waals surface area contributed by atoms with Crippen molar-refractivity contribution in [3.05, 3.63) is 54.6 Å². The molecular weight excluding hydrogens is 410 g/mol. The number of carbonyl (C=O) groups is 1. The molecule has 1 amide bonds. The average molecular weight is 435 g/mol. The van der Waals surface area contributed by atoms with Gasteiger partial charge in [-0.3, -0.25) is 4.79 Å². The van der Waals surface area contributed by atoms with Gasteiger partial charge in [0, 0.05) is 37.9 Å². The van der Waals surface area contributed by atoms with Crippen LogP contribution in [0.3, 0.4) is 0 Å². The summed E-state index contributed by atoms with van der Waals surface area (Å²) in [4.78, 5) is 34.2. The Kier molecular flexibility index (Phi) is 6.29. The van der Waals surface area contributed by atoms with Gasteiger partial charge < -0.3 is 24.6 Å². The molecule has 1 N–H and O–H groups in total. The van der Waals surface area contributed by atoms with E-state index in [1.165, 1.54) is 13.3 Å². The highest BCUT2D eigenvalue weighted by atomic mass is 16.5. The zero-order valence-electron chi connectivity index (χ0n) is 18.2. The first kappa shape index (κ1) is 21.3. The summed E-state index contributed by atoms with van der Waals surface area (Å²) in [6, 6.07) is 7.36. The van der Waals surface area contributed by atoms with E-state index < -0.39 is 0 Å². The molecule has 0 aromatic carbocycles. The minimum atomic E-state index is -0.287. The molecule has 1 saturated heterocycles. The van der Waals surface area contributed by atoms with E-state index in [4.69, 9.17) is 9.47 Å². The molecule has 166 valence electrons. The van der Waals surface area contributed by atoms with Crippen LogP contribution in [-0.2, 0) is 0 Å². The van der Waals surface area contributed by atoms with Gasteiger partial charge >= 0.3 is 0 Å². The molecule has 0 spiro atoms. The maximum Gasteiger partial charge on any atom is 0.257 e. The molecule has 4 rings (SSSR count). The third-order valence-corrected chi connectivity index (χ3v) is 5.27. The number of piperazine rings is 1. The number of anilines is 3. The van der Waals surface area contributed by atoms with Crippen LogP contribution < -0.4 is 24.6 Å². The van der Waals surface area contributed by atoms with Crippen molar-refractivity contribution >= 4 is 23.4 Å². The van der Waals surface area contributed by atoms with Crippen LogP contribution in [0.5, 0.6) is 11.6 Å². The number of nitrogens with one attached hydrogen (secondary N) is 1. The first-order chi connectivity index (χ1) is 15.6. The molecule has 3 aromatic rings. The number of aromatic nitrogens is 4. The van der Waals surface area contributed by atoms with Gasteiger partial charge in [-0.2, -0.15) is 0 Å². The lowest BCUT2D eigenvalue weighted by Gasteiger charge is -2.40. The van der Waals surface area contributed by atoms with E-state index >= 15 is 0 Å². The second-order valence-corrected chi connectivity index (χ2v) is 7.36. The standard InChI is InChI=1S/C22H25N7O3/c1-15-14-28(19-6-5-18(31-2)13-23-19)8-9-29(15)22-25-11-17(12-26-22)27-21(30)16-4-7-20(32-3)24-10-16/h4-7,10-13,15H,8-9,14H2,1-3H3,(H,27,30)/t15-/m0/s1. The van der Waals surface area contributed by atoms with Crippen molar-refractivity contribution in [3.63, 3.8) is 0 Å². The fraction of sp³-hybridized carbons (Fsp3) is 0.318. The number of hydrogen-bond acceptors (Lipinski definition) is 9. The zero-order valence-corrected chi connectivity index (χ0v) is 18.2. The Morgan fingerprint density at radius 1 is 0.969 bits per heavy atom. The molecule has 3 aromatic heterocycles. The number of ether oxygens (including phenoxy) is 2. The summed E-state index contributed by atoms with van der Waals surface area (Å²) in [5.41, 5.74) is 0.940. The predicted octanol–water partition coefficient (Wildman–Crippen LogP) is 2.25. The molecule has 1 aliphatic heterocycles. The summed E-state index contributed by atoms with van der Waals surface area (Å²) >= 11 is 0. The normalized spacial score (nSPS) is 15.9. The second kappa shape index (κ2) is 9.46. The maximum atomic E-state index is 12.4. The molecule has 1 fully saturated rings. The molecule has 32 heavy (non-hydrogen) atoms. The topological polar surface area (TPSA) is 106 Å². The van der Waals surface area contributed by atoms with Crippen molar-refractivity contribution < 1.29 is 14.3 Å². The Bertz CT molecular complexity index is 1040. The molecule has 0 aliphatic carbocycles. The molecule has 1 aliphatic rings. The highest BCUT2D eigenvalue weighted by molar-refractivity contribution is 6.03. The number of amides is 1. The molecule has 10 nitrogen and oxygen atoms in total. The Morgan fingerprint density at radius 3 is 2.38 bits per heavy atom. The van der Waals surface area contributed by atoms with Crippen molar-refractivity contribution in [1.29, 1.82) is 0 Å².